The number of halogens is 2. The van der Waals surface area contributed by atoms with Crippen molar-refractivity contribution in [2.75, 3.05) is 0 Å². The highest BCUT2D eigenvalue weighted by molar-refractivity contribution is 9.10. The van der Waals surface area contributed by atoms with Crippen LogP contribution in [0.5, 0.6) is 0 Å². The molecule has 19 heavy (non-hydrogen) atoms. The van der Waals surface area contributed by atoms with Crippen molar-refractivity contribution < 1.29 is 4.79 Å². The summed E-state index contributed by atoms with van der Waals surface area (Å²) in [7, 11) is 0. The van der Waals surface area contributed by atoms with Crippen molar-refractivity contribution in [3.63, 3.8) is 0 Å². The first kappa shape index (κ1) is 16.5. The Morgan fingerprint density at radius 1 is 1.37 bits per heavy atom. The van der Waals surface area contributed by atoms with Gasteiger partial charge in [0, 0.05) is 16.4 Å². The summed E-state index contributed by atoms with van der Waals surface area (Å²) in [4.78, 5) is 12.1. The van der Waals surface area contributed by atoms with Crippen LogP contribution in [0.15, 0.2) is 28.7 Å². The molecule has 5 heteroatoms. The summed E-state index contributed by atoms with van der Waals surface area (Å²) >= 11 is 3.40. The van der Waals surface area contributed by atoms with Gasteiger partial charge in [-0.1, -0.05) is 28.1 Å². The Kier molecular flexibility index (Phi) is 6.30. The zero-order chi connectivity index (χ0) is 13.1. The molecule has 0 aliphatic heterocycles. The second kappa shape index (κ2) is 7.27. The van der Waals surface area contributed by atoms with Gasteiger partial charge in [-0.3, -0.25) is 4.79 Å². The van der Waals surface area contributed by atoms with Crippen LogP contribution in [0, 0.1) is 5.92 Å². The Hall–Kier alpha value is -0.580. The highest BCUT2D eigenvalue weighted by atomic mass is 79.9. The van der Waals surface area contributed by atoms with Crippen LogP contribution in [0.25, 0.3) is 0 Å². The Bertz CT molecular complexity index is 424. The lowest BCUT2D eigenvalue weighted by Crippen LogP contribution is -2.32. The SMILES string of the molecule is CC(NC(=O)C1CCC(N)C1)c1ccc(Br)cc1.Cl. The molecule has 3 nitrogen and oxygen atoms in total. The van der Waals surface area contributed by atoms with E-state index in [1.165, 1.54) is 0 Å². The topological polar surface area (TPSA) is 55.1 Å². The smallest absolute Gasteiger partial charge is 0.223 e. The molecule has 0 spiro atoms. The molecule has 2 rings (SSSR count). The molecule has 0 bridgehead atoms. The number of amides is 1. The molecule has 0 saturated heterocycles. The van der Waals surface area contributed by atoms with E-state index in [9.17, 15) is 4.79 Å². The van der Waals surface area contributed by atoms with Gasteiger partial charge >= 0.3 is 0 Å². The molecule has 1 fully saturated rings. The number of hydrogen-bond donors (Lipinski definition) is 2. The lowest BCUT2D eigenvalue weighted by Gasteiger charge is -2.17. The van der Waals surface area contributed by atoms with Crippen LogP contribution in [0.3, 0.4) is 0 Å². The first-order valence-electron chi connectivity index (χ1n) is 6.37. The minimum absolute atomic E-state index is 0. The average Bonchev–Trinajstić information content (AvgIpc) is 2.76. The largest absolute Gasteiger partial charge is 0.349 e. The van der Waals surface area contributed by atoms with Gasteiger partial charge in [-0.25, -0.2) is 0 Å². The van der Waals surface area contributed by atoms with Crippen molar-refractivity contribution in [3.8, 4) is 0 Å². The van der Waals surface area contributed by atoms with E-state index in [-0.39, 0.29) is 36.3 Å². The summed E-state index contributed by atoms with van der Waals surface area (Å²) in [5, 5.41) is 3.07. The fraction of sp³-hybridized carbons (Fsp3) is 0.500. The maximum atomic E-state index is 12.1. The first-order chi connectivity index (χ1) is 8.56. The molecule has 1 saturated carbocycles. The van der Waals surface area contributed by atoms with Crippen LogP contribution in [-0.2, 0) is 4.79 Å². The van der Waals surface area contributed by atoms with E-state index in [2.05, 4.69) is 21.2 Å². The average molecular weight is 348 g/mol. The van der Waals surface area contributed by atoms with Gasteiger partial charge in [-0.2, -0.15) is 0 Å². The standard InChI is InChI=1S/C14H19BrN2O.ClH/c1-9(10-2-5-12(15)6-3-10)17-14(18)11-4-7-13(16)8-11;/h2-3,5-6,9,11,13H,4,7-8,16H2,1H3,(H,17,18);1H. The highest BCUT2D eigenvalue weighted by Gasteiger charge is 2.28. The molecule has 1 aromatic rings. The Labute approximate surface area is 128 Å². The van der Waals surface area contributed by atoms with Gasteiger partial charge in [0.15, 0.2) is 0 Å². The molecule has 3 unspecified atom stereocenters. The van der Waals surface area contributed by atoms with E-state index in [0.29, 0.717) is 0 Å². The van der Waals surface area contributed by atoms with Crippen LogP contribution in [0.1, 0.15) is 37.8 Å². The third-order valence-corrected chi connectivity index (χ3v) is 4.10. The summed E-state index contributed by atoms with van der Waals surface area (Å²) in [5.41, 5.74) is 6.96. The van der Waals surface area contributed by atoms with E-state index < -0.39 is 0 Å². The molecular weight excluding hydrogens is 328 g/mol. The fourth-order valence-corrected chi connectivity index (χ4v) is 2.68. The third kappa shape index (κ3) is 4.48. The van der Waals surface area contributed by atoms with Gasteiger partial charge in [0.2, 0.25) is 5.91 Å². The van der Waals surface area contributed by atoms with Crippen molar-refractivity contribution in [1.82, 2.24) is 5.32 Å². The number of carbonyl (C=O) groups is 1. The van der Waals surface area contributed by atoms with E-state index in [1.54, 1.807) is 0 Å². The Balaban J connectivity index is 0.00000180. The van der Waals surface area contributed by atoms with Gasteiger partial charge in [-0.15, -0.1) is 12.4 Å². The van der Waals surface area contributed by atoms with Gasteiger partial charge < -0.3 is 11.1 Å². The van der Waals surface area contributed by atoms with E-state index >= 15 is 0 Å². The van der Waals surface area contributed by atoms with Crippen molar-refractivity contribution in [2.45, 2.75) is 38.3 Å². The monoisotopic (exact) mass is 346 g/mol. The lowest BCUT2D eigenvalue weighted by atomic mass is 10.0. The zero-order valence-corrected chi connectivity index (χ0v) is 13.3. The predicted octanol–water partition coefficient (Wildman–Crippen LogP) is 3.18. The summed E-state index contributed by atoms with van der Waals surface area (Å²) in [6, 6.07) is 8.27. The van der Waals surface area contributed by atoms with Crippen molar-refractivity contribution in [3.05, 3.63) is 34.3 Å². The van der Waals surface area contributed by atoms with Crippen LogP contribution < -0.4 is 11.1 Å². The lowest BCUT2D eigenvalue weighted by molar-refractivity contribution is -0.125. The summed E-state index contributed by atoms with van der Waals surface area (Å²) in [6.45, 7) is 2.01. The third-order valence-electron chi connectivity index (χ3n) is 3.57. The summed E-state index contributed by atoms with van der Waals surface area (Å²) in [6.07, 6.45) is 2.70. The van der Waals surface area contributed by atoms with Crippen molar-refractivity contribution in [1.29, 1.82) is 0 Å². The molecule has 106 valence electrons. The number of nitrogens with two attached hydrogens (primary N) is 1. The number of carbonyl (C=O) groups excluding carboxylic acids is 1. The highest BCUT2D eigenvalue weighted by Crippen LogP contribution is 2.25. The van der Waals surface area contributed by atoms with Crippen LogP contribution in [0.4, 0.5) is 0 Å². The van der Waals surface area contributed by atoms with Crippen LogP contribution in [0.2, 0.25) is 0 Å². The van der Waals surface area contributed by atoms with Crippen molar-refractivity contribution in [2.24, 2.45) is 11.7 Å². The second-order valence-electron chi connectivity index (χ2n) is 5.05. The molecule has 3 atom stereocenters. The number of hydrogen-bond acceptors (Lipinski definition) is 2. The molecule has 1 aliphatic carbocycles. The Morgan fingerprint density at radius 2 is 2.00 bits per heavy atom. The van der Waals surface area contributed by atoms with E-state index in [0.717, 1.165) is 29.3 Å². The van der Waals surface area contributed by atoms with E-state index in [1.807, 2.05) is 31.2 Å². The molecule has 1 aliphatic rings. The number of nitrogens with one attached hydrogen (secondary N) is 1. The number of rotatable bonds is 3. The molecule has 1 aromatic carbocycles. The minimum atomic E-state index is 0. The molecule has 0 radical (unpaired) electrons. The van der Waals surface area contributed by atoms with Gasteiger partial charge in [-0.05, 0) is 43.9 Å². The molecule has 0 heterocycles. The maximum absolute atomic E-state index is 12.1. The van der Waals surface area contributed by atoms with Crippen molar-refractivity contribution >= 4 is 34.2 Å². The second-order valence-corrected chi connectivity index (χ2v) is 5.97. The normalized spacial score (nSPS) is 23.5. The predicted molar refractivity (Wildman–Crippen MR) is 83.3 cm³/mol. The van der Waals surface area contributed by atoms with Crippen LogP contribution in [-0.4, -0.2) is 11.9 Å². The fourth-order valence-electron chi connectivity index (χ4n) is 2.42. The summed E-state index contributed by atoms with van der Waals surface area (Å²) in [5.74, 6) is 0.233. The first-order valence-corrected chi connectivity index (χ1v) is 7.17. The molecule has 3 N–H and O–H groups in total. The summed E-state index contributed by atoms with van der Waals surface area (Å²) < 4.78 is 1.05. The molecular formula is C14H20BrClN2O. The van der Waals surface area contributed by atoms with Crippen LogP contribution >= 0.6 is 28.3 Å². The van der Waals surface area contributed by atoms with Gasteiger partial charge in [0.05, 0.1) is 6.04 Å². The van der Waals surface area contributed by atoms with Gasteiger partial charge in [0.1, 0.15) is 0 Å². The zero-order valence-electron chi connectivity index (χ0n) is 10.9. The molecule has 0 aromatic heterocycles. The number of benzene rings is 1. The Morgan fingerprint density at radius 3 is 2.53 bits per heavy atom. The quantitative estimate of drug-likeness (QED) is 0.882. The molecule has 1 amide bonds. The maximum Gasteiger partial charge on any atom is 0.223 e. The van der Waals surface area contributed by atoms with E-state index in [4.69, 9.17) is 5.73 Å². The van der Waals surface area contributed by atoms with Gasteiger partial charge in [0.25, 0.3) is 0 Å². The minimum Gasteiger partial charge on any atom is -0.349 e.